The highest BCUT2D eigenvalue weighted by molar-refractivity contribution is 5.80. The number of benzene rings is 2. The van der Waals surface area contributed by atoms with E-state index in [0.29, 0.717) is 5.69 Å². The average Bonchev–Trinajstić information content (AvgIpc) is 2.76. The summed E-state index contributed by atoms with van der Waals surface area (Å²) in [5.41, 5.74) is 2.33. The van der Waals surface area contributed by atoms with E-state index >= 15 is 0 Å². The molecule has 0 spiro atoms. The summed E-state index contributed by atoms with van der Waals surface area (Å²) in [6, 6.07) is 14.6. The van der Waals surface area contributed by atoms with Gasteiger partial charge in [-0.3, -0.25) is 29.5 Å². The Bertz CT molecular complexity index is 1240. The van der Waals surface area contributed by atoms with Gasteiger partial charge in [0.25, 0.3) is 11.2 Å². The van der Waals surface area contributed by atoms with E-state index in [0.717, 1.165) is 10.1 Å². The molecule has 0 radical (unpaired) electrons. The highest BCUT2D eigenvalue weighted by atomic mass is 16.6. The van der Waals surface area contributed by atoms with Gasteiger partial charge in [-0.05, 0) is 17.7 Å². The lowest BCUT2D eigenvalue weighted by Gasteiger charge is -2.11. The first kappa shape index (κ1) is 20.3. The zero-order valence-electron chi connectivity index (χ0n) is 16.1. The van der Waals surface area contributed by atoms with Crippen molar-refractivity contribution in [1.29, 1.82) is 0 Å². The van der Waals surface area contributed by atoms with Gasteiger partial charge in [0.15, 0.2) is 11.5 Å². The minimum absolute atomic E-state index is 0.0564. The molecule has 0 fully saturated rings. The van der Waals surface area contributed by atoms with Gasteiger partial charge in [-0.15, -0.1) is 5.11 Å². The van der Waals surface area contributed by atoms with Crippen molar-refractivity contribution in [3.63, 3.8) is 0 Å². The standard InChI is InChI=1S/C19H17N7O4/c1-24-17(23-20-12-13-6-4-3-5-7-13)16(18(27)25(2)19(24)28)22-21-14-8-10-15(11-9-14)26(29)30/h3-12,23H,1-2H3/b20-12-,22-21?. The lowest BCUT2D eigenvalue weighted by molar-refractivity contribution is -0.384. The molecule has 1 heterocycles. The van der Waals surface area contributed by atoms with Gasteiger partial charge in [-0.25, -0.2) is 4.79 Å². The summed E-state index contributed by atoms with van der Waals surface area (Å²) in [5, 5.41) is 22.7. The fraction of sp³-hybridized carbons (Fsp3) is 0.105. The van der Waals surface area contributed by atoms with Crippen LogP contribution in [0.1, 0.15) is 5.56 Å². The molecule has 152 valence electrons. The van der Waals surface area contributed by atoms with Crippen molar-refractivity contribution < 1.29 is 4.92 Å². The molecule has 0 saturated carbocycles. The summed E-state index contributed by atoms with van der Waals surface area (Å²) >= 11 is 0. The third kappa shape index (κ3) is 4.35. The summed E-state index contributed by atoms with van der Waals surface area (Å²) in [6.07, 6.45) is 1.53. The second kappa shape index (κ2) is 8.73. The van der Waals surface area contributed by atoms with Crippen LogP contribution < -0.4 is 16.7 Å². The van der Waals surface area contributed by atoms with Gasteiger partial charge in [0.2, 0.25) is 0 Å². The molecule has 1 N–H and O–H groups in total. The molecule has 0 amide bonds. The molecular formula is C19H17N7O4. The lowest BCUT2D eigenvalue weighted by atomic mass is 10.2. The van der Waals surface area contributed by atoms with Gasteiger partial charge in [0.05, 0.1) is 16.8 Å². The molecule has 0 aliphatic rings. The van der Waals surface area contributed by atoms with E-state index in [1.165, 1.54) is 49.1 Å². The Labute approximate surface area is 169 Å². The van der Waals surface area contributed by atoms with Crippen molar-refractivity contribution in [2.75, 3.05) is 5.43 Å². The number of hydrazone groups is 1. The van der Waals surface area contributed by atoms with E-state index in [4.69, 9.17) is 0 Å². The molecule has 0 saturated heterocycles. The van der Waals surface area contributed by atoms with Crippen LogP contribution in [0, 0.1) is 10.1 Å². The van der Waals surface area contributed by atoms with Crippen molar-refractivity contribution in [3.05, 3.63) is 91.1 Å². The van der Waals surface area contributed by atoms with E-state index in [2.05, 4.69) is 20.8 Å². The number of azo groups is 1. The topological polar surface area (TPSA) is 136 Å². The fourth-order valence-electron chi connectivity index (χ4n) is 2.50. The van der Waals surface area contributed by atoms with Crippen LogP contribution in [0.3, 0.4) is 0 Å². The summed E-state index contributed by atoms with van der Waals surface area (Å²) in [7, 11) is 2.79. The van der Waals surface area contributed by atoms with Crippen LogP contribution in [0.25, 0.3) is 0 Å². The minimum atomic E-state index is -0.666. The Morgan fingerprint density at radius 2 is 1.63 bits per heavy atom. The number of rotatable bonds is 6. The predicted molar refractivity (Wildman–Crippen MR) is 112 cm³/mol. The Hall–Kier alpha value is -4.41. The largest absolute Gasteiger partial charge is 0.332 e. The summed E-state index contributed by atoms with van der Waals surface area (Å²) < 4.78 is 2.09. The number of nitrogens with zero attached hydrogens (tertiary/aromatic N) is 6. The van der Waals surface area contributed by atoms with E-state index in [1.807, 2.05) is 30.3 Å². The number of nitro benzene ring substituents is 1. The molecule has 1 aromatic heterocycles. The third-order valence-electron chi connectivity index (χ3n) is 4.15. The Balaban J connectivity index is 1.98. The van der Waals surface area contributed by atoms with Crippen LogP contribution >= 0.6 is 0 Å². The Kier molecular flexibility index (Phi) is 5.92. The van der Waals surface area contributed by atoms with Crippen molar-refractivity contribution >= 4 is 29.1 Å². The summed E-state index contributed by atoms with van der Waals surface area (Å²) in [5.74, 6) is 0.0564. The van der Waals surface area contributed by atoms with E-state index in [-0.39, 0.29) is 17.2 Å². The lowest BCUT2D eigenvalue weighted by Crippen LogP contribution is -2.37. The van der Waals surface area contributed by atoms with E-state index in [1.54, 1.807) is 0 Å². The van der Waals surface area contributed by atoms with Gasteiger partial charge >= 0.3 is 5.69 Å². The molecule has 0 bridgehead atoms. The molecule has 30 heavy (non-hydrogen) atoms. The monoisotopic (exact) mass is 407 g/mol. The number of anilines is 1. The number of non-ortho nitro benzene ring substituents is 1. The first-order valence-corrected chi connectivity index (χ1v) is 8.69. The van der Waals surface area contributed by atoms with Gasteiger partial charge in [0.1, 0.15) is 0 Å². The molecule has 0 atom stereocenters. The quantitative estimate of drug-likeness (QED) is 0.290. The van der Waals surface area contributed by atoms with Gasteiger partial charge < -0.3 is 0 Å². The molecule has 11 heteroatoms. The number of nitro groups is 1. The van der Waals surface area contributed by atoms with Crippen molar-refractivity contribution in [1.82, 2.24) is 9.13 Å². The molecule has 3 rings (SSSR count). The Morgan fingerprint density at radius 3 is 2.27 bits per heavy atom. The maximum Gasteiger partial charge on any atom is 0.332 e. The van der Waals surface area contributed by atoms with E-state index in [9.17, 15) is 19.7 Å². The summed E-state index contributed by atoms with van der Waals surface area (Å²) in [4.78, 5) is 35.1. The number of aromatic nitrogens is 2. The fourth-order valence-corrected chi connectivity index (χ4v) is 2.50. The average molecular weight is 407 g/mol. The molecule has 0 aliphatic carbocycles. The van der Waals surface area contributed by atoms with Crippen LogP contribution in [0.2, 0.25) is 0 Å². The van der Waals surface area contributed by atoms with Crippen molar-refractivity contribution in [2.24, 2.45) is 29.4 Å². The summed E-state index contributed by atoms with van der Waals surface area (Å²) in [6.45, 7) is 0. The van der Waals surface area contributed by atoms with Crippen molar-refractivity contribution in [2.45, 2.75) is 0 Å². The second-order valence-electron chi connectivity index (χ2n) is 6.16. The van der Waals surface area contributed by atoms with Crippen molar-refractivity contribution in [3.8, 4) is 0 Å². The SMILES string of the molecule is Cn1c(N/N=C\c2ccccc2)c(N=Nc2ccc([N+](=O)[O-])cc2)c(=O)n(C)c1=O. The zero-order valence-corrected chi connectivity index (χ0v) is 16.1. The molecule has 11 nitrogen and oxygen atoms in total. The Morgan fingerprint density at radius 1 is 0.967 bits per heavy atom. The molecule has 0 aliphatic heterocycles. The van der Waals surface area contributed by atoms with Gasteiger partial charge in [-0.1, -0.05) is 30.3 Å². The minimum Gasteiger partial charge on any atom is -0.280 e. The normalized spacial score (nSPS) is 11.3. The third-order valence-corrected chi connectivity index (χ3v) is 4.15. The number of nitrogens with one attached hydrogen (secondary N) is 1. The molecule has 2 aromatic carbocycles. The van der Waals surface area contributed by atoms with Crippen LogP contribution in [0.15, 0.2) is 79.5 Å². The van der Waals surface area contributed by atoms with Crippen LogP contribution in [0.4, 0.5) is 22.9 Å². The molecular weight excluding hydrogens is 390 g/mol. The first-order valence-electron chi connectivity index (χ1n) is 8.69. The van der Waals surface area contributed by atoms with Gasteiger partial charge in [-0.2, -0.15) is 10.2 Å². The number of hydrogen-bond acceptors (Lipinski definition) is 8. The van der Waals surface area contributed by atoms with Gasteiger partial charge in [0, 0.05) is 26.2 Å². The van der Waals surface area contributed by atoms with Crippen LogP contribution in [0.5, 0.6) is 0 Å². The highest BCUT2D eigenvalue weighted by Gasteiger charge is 2.15. The van der Waals surface area contributed by atoms with E-state index < -0.39 is 16.2 Å². The maximum absolute atomic E-state index is 12.6. The predicted octanol–water partition coefficient (Wildman–Crippen LogP) is 2.85. The zero-order chi connectivity index (χ0) is 21.7. The first-order chi connectivity index (χ1) is 14.4. The van der Waals surface area contributed by atoms with Crippen LogP contribution in [-0.4, -0.2) is 20.3 Å². The highest BCUT2D eigenvalue weighted by Crippen LogP contribution is 2.23. The molecule has 3 aromatic rings. The molecule has 0 unspecified atom stereocenters. The second-order valence-corrected chi connectivity index (χ2v) is 6.16. The van der Waals surface area contributed by atoms with Crippen LogP contribution in [-0.2, 0) is 14.1 Å². The number of hydrogen-bond donors (Lipinski definition) is 1. The smallest absolute Gasteiger partial charge is 0.280 e. The maximum atomic E-state index is 12.6.